The largest absolute Gasteiger partial charge is 0.493 e. The molecule has 1 fully saturated rings. The van der Waals surface area contributed by atoms with E-state index in [-0.39, 0.29) is 0 Å². The Morgan fingerprint density at radius 1 is 1.16 bits per heavy atom. The van der Waals surface area contributed by atoms with E-state index in [1.165, 1.54) is 19.4 Å². The lowest BCUT2D eigenvalue weighted by Crippen LogP contribution is -2.27. The minimum atomic E-state index is 0.537. The number of likely N-dealkylation sites (tertiary alicyclic amines) is 1. The number of ether oxygens (including phenoxy) is 3. The van der Waals surface area contributed by atoms with Gasteiger partial charge < -0.3 is 24.4 Å². The number of anilines is 1. The van der Waals surface area contributed by atoms with E-state index in [4.69, 9.17) is 14.2 Å². The van der Waals surface area contributed by atoms with Crippen molar-refractivity contribution in [2.45, 2.75) is 25.3 Å². The van der Waals surface area contributed by atoms with Crippen molar-refractivity contribution in [2.24, 2.45) is 0 Å². The normalized spacial score (nSPS) is 17.7. The van der Waals surface area contributed by atoms with E-state index in [0.29, 0.717) is 28.8 Å². The summed E-state index contributed by atoms with van der Waals surface area (Å²) >= 11 is 0. The van der Waals surface area contributed by atoms with Gasteiger partial charge in [0.05, 0.1) is 26.7 Å². The van der Waals surface area contributed by atoms with Crippen LogP contribution in [0.25, 0.3) is 10.9 Å². The van der Waals surface area contributed by atoms with E-state index in [1.807, 2.05) is 6.07 Å². The van der Waals surface area contributed by atoms with E-state index in [2.05, 4.69) is 27.2 Å². The Hall–Kier alpha value is -2.28. The van der Waals surface area contributed by atoms with Gasteiger partial charge in [-0.15, -0.1) is 0 Å². The van der Waals surface area contributed by atoms with Gasteiger partial charge in [-0.25, -0.2) is 9.97 Å². The number of aromatic nitrogens is 2. The Morgan fingerprint density at radius 3 is 2.60 bits per heavy atom. The van der Waals surface area contributed by atoms with Gasteiger partial charge in [0.2, 0.25) is 5.75 Å². The molecule has 2 heterocycles. The van der Waals surface area contributed by atoms with Crippen LogP contribution in [0.4, 0.5) is 5.82 Å². The Bertz CT molecular complexity index is 738. The zero-order valence-corrected chi connectivity index (χ0v) is 15.3. The number of methoxy groups -OCH3 is 3. The summed E-state index contributed by atoms with van der Waals surface area (Å²) in [6, 6.07) is 2.53. The highest BCUT2D eigenvalue weighted by Crippen LogP contribution is 2.43. The Balaban J connectivity index is 1.88. The van der Waals surface area contributed by atoms with Gasteiger partial charge in [-0.1, -0.05) is 0 Å². The molecule has 25 heavy (non-hydrogen) atoms. The number of benzene rings is 1. The summed E-state index contributed by atoms with van der Waals surface area (Å²) in [6.07, 6.45) is 5.18. The second-order valence-corrected chi connectivity index (χ2v) is 6.26. The number of fused-ring (bicyclic) bond motifs is 1. The van der Waals surface area contributed by atoms with Crippen molar-refractivity contribution < 1.29 is 14.2 Å². The molecule has 7 heteroatoms. The smallest absolute Gasteiger partial charge is 0.205 e. The summed E-state index contributed by atoms with van der Waals surface area (Å²) in [4.78, 5) is 11.2. The molecule has 3 rings (SSSR count). The van der Waals surface area contributed by atoms with Gasteiger partial charge in [0.1, 0.15) is 17.7 Å². The molecule has 0 amide bonds. The first-order valence-corrected chi connectivity index (χ1v) is 8.57. The predicted molar refractivity (Wildman–Crippen MR) is 98.0 cm³/mol. The van der Waals surface area contributed by atoms with Gasteiger partial charge in [0, 0.05) is 12.6 Å². The minimum absolute atomic E-state index is 0.537. The monoisotopic (exact) mass is 346 g/mol. The third-order valence-electron chi connectivity index (χ3n) is 4.87. The molecule has 0 saturated carbocycles. The molecule has 7 nitrogen and oxygen atoms in total. The third-order valence-corrected chi connectivity index (χ3v) is 4.87. The predicted octanol–water partition coefficient (Wildman–Crippen LogP) is 2.55. The van der Waals surface area contributed by atoms with E-state index in [9.17, 15) is 0 Å². The van der Waals surface area contributed by atoms with Crippen molar-refractivity contribution >= 4 is 16.7 Å². The van der Waals surface area contributed by atoms with Crippen molar-refractivity contribution in [3.63, 3.8) is 0 Å². The summed E-state index contributed by atoms with van der Waals surface area (Å²) in [6.45, 7) is 2.05. The van der Waals surface area contributed by atoms with E-state index < -0.39 is 0 Å². The molecule has 2 aromatic rings. The number of nitrogens with zero attached hydrogens (tertiary/aromatic N) is 3. The average Bonchev–Trinajstić information content (AvgIpc) is 3.05. The fourth-order valence-electron chi connectivity index (χ4n) is 3.51. The van der Waals surface area contributed by atoms with Crippen molar-refractivity contribution in [3.8, 4) is 17.2 Å². The fourth-order valence-corrected chi connectivity index (χ4v) is 3.51. The lowest BCUT2D eigenvalue weighted by Gasteiger charge is -2.20. The highest BCUT2D eigenvalue weighted by Gasteiger charge is 2.21. The Morgan fingerprint density at radius 2 is 1.96 bits per heavy atom. The molecule has 1 atom stereocenters. The molecule has 1 aromatic heterocycles. The van der Waals surface area contributed by atoms with Crippen molar-refractivity contribution in [1.82, 2.24) is 14.9 Å². The summed E-state index contributed by atoms with van der Waals surface area (Å²) in [5, 5.41) is 4.30. The molecule has 1 aliphatic rings. The van der Waals surface area contributed by atoms with Crippen LogP contribution in [-0.4, -0.2) is 62.4 Å². The molecular formula is C18H26N4O3. The molecule has 0 bridgehead atoms. The second kappa shape index (κ2) is 7.74. The maximum Gasteiger partial charge on any atom is 0.205 e. The third kappa shape index (κ3) is 3.42. The lowest BCUT2D eigenvalue weighted by atomic mass is 10.1. The van der Waals surface area contributed by atoms with E-state index in [0.717, 1.165) is 24.2 Å². The van der Waals surface area contributed by atoms with E-state index >= 15 is 0 Å². The molecule has 136 valence electrons. The lowest BCUT2D eigenvalue weighted by molar-refractivity contribution is 0.301. The van der Waals surface area contributed by atoms with Crippen LogP contribution in [0.15, 0.2) is 12.4 Å². The topological polar surface area (TPSA) is 68.7 Å². The first-order valence-electron chi connectivity index (χ1n) is 8.57. The quantitative estimate of drug-likeness (QED) is 0.826. The molecule has 1 aliphatic heterocycles. The summed E-state index contributed by atoms with van der Waals surface area (Å²) in [5.74, 6) is 2.47. The SMILES string of the molecule is COc1cc2c(NCCC3CCCN3C)ncnc2c(OC)c1OC. The maximum absolute atomic E-state index is 5.52. The first-order chi connectivity index (χ1) is 12.2. The van der Waals surface area contributed by atoms with Gasteiger partial charge in [0.15, 0.2) is 11.5 Å². The van der Waals surface area contributed by atoms with Crippen LogP contribution in [0.5, 0.6) is 17.2 Å². The van der Waals surface area contributed by atoms with Crippen LogP contribution < -0.4 is 19.5 Å². The molecule has 0 aliphatic carbocycles. The van der Waals surface area contributed by atoms with Crippen LogP contribution in [0.3, 0.4) is 0 Å². The zero-order chi connectivity index (χ0) is 17.8. The van der Waals surface area contributed by atoms with Gasteiger partial charge in [-0.2, -0.15) is 0 Å². The summed E-state index contributed by atoms with van der Waals surface area (Å²) < 4.78 is 16.4. The van der Waals surface area contributed by atoms with Crippen LogP contribution in [0, 0.1) is 0 Å². The number of nitrogens with one attached hydrogen (secondary N) is 1. The van der Waals surface area contributed by atoms with Crippen molar-refractivity contribution in [3.05, 3.63) is 12.4 Å². The maximum atomic E-state index is 5.52. The molecule has 0 radical (unpaired) electrons. The number of rotatable bonds is 7. The summed E-state index contributed by atoms with van der Waals surface area (Å²) in [5.41, 5.74) is 0.704. The molecule has 1 N–H and O–H groups in total. The highest BCUT2D eigenvalue weighted by atomic mass is 16.5. The standard InChI is InChI=1S/C18H26N4O3/c1-22-9-5-6-12(22)7-8-19-18-13-10-14(23-2)16(24-3)17(25-4)15(13)20-11-21-18/h10-12H,5-9H2,1-4H3,(H,19,20,21). The van der Waals surface area contributed by atoms with Gasteiger partial charge in [-0.3, -0.25) is 0 Å². The van der Waals surface area contributed by atoms with Crippen LogP contribution in [0.1, 0.15) is 19.3 Å². The molecule has 1 aromatic carbocycles. The van der Waals surface area contributed by atoms with Crippen molar-refractivity contribution in [1.29, 1.82) is 0 Å². The van der Waals surface area contributed by atoms with Gasteiger partial charge in [-0.05, 0) is 38.9 Å². The second-order valence-electron chi connectivity index (χ2n) is 6.26. The number of hydrogen-bond acceptors (Lipinski definition) is 7. The fraction of sp³-hybridized carbons (Fsp3) is 0.556. The van der Waals surface area contributed by atoms with Gasteiger partial charge >= 0.3 is 0 Å². The first kappa shape index (κ1) is 17.5. The van der Waals surface area contributed by atoms with E-state index in [1.54, 1.807) is 27.7 Å². The Labute approximate surface area is 148 Å². The number of hydrogen-bond donors (Lipinski definition) is 1. The van der Waals surface area contributed by atoms with Crippen LogP contribution >= 0.6 is 0 Å². The highest BCUT2D eigenvalue weighted by molar-refractivity contribution is 5.96. The molecule has 1 saturated heterocycles. The molecule has 0 spiro atoms. The minimum Gasteiger partial charge on any atom is -0.493 e. The van der Waals surface area contributed by atoms with Crippen LogP contribution in [-0.2, 0) is 0 Å². The average molecular weight is 346 g/mol. The summed E-state index contributed by atoms with van der Waals surface area (Å²) in [7, 11) is 6.99. The zero-order valence-electron chi connectivity index (χ0n) is 15.3. The Kier molecular flexibility index (Phi) is 5.43. The van der Waals surface area contributed by atoms with Gasteiger partial charge in [0.25, 0.3) is 0 Å². The molecular weight excluding hydrogens is 320 g/mol. The molecule has 1 unspecified atom stereocenters. The van der Waals surface area contributed by atoms with Crippen molar-refractivity contribution in [2.75, 3.05) is 46.8 Å². The van der Waals surface area contributed by atoms with Crippen LogP contribution in [0.2, 0.25) is 0 Å².